The van der Waals surface area contributed by atoms with Crippen LogP contribution in [0.4, 0.5) is 0 Å². The summed E-state index contributed by atoms with van der Waals surface area (Å²) in [6.45, 7) is 6.06. The minimum absolute atomic E-state index is 0.544. The molecule has 0 saturated carbocycles. The van der Waals surface area contributed by atoms with Crippen LogP contribution >= 0.6 is 27.5 Å². The third-order valence-electron chi connectivity index (χ3n) is 4.90. The maximum Gasteiger partial charge on any atom is 0.248 e. The molecule has 2 aromatic carbocycles. The molecule has 3 aromatic rings. The van der Waals surface area contributed by atoms with Gasteiger partial charge in [0.25, 0.3) is 0 Å². The van der Waals surface area contributed by atoms with Gasteiger partial charge in [-0.15, -0.1) is 10.2 Å². The lowest BCUT2D eigenvalue weighted by Crippen LogP contribution is -2.47. The zero-order chi connectivity index (χ0) is 20.1. The average Bonchev–Trinajstić information content (AvgIpc) is 3.19. The van der Waals surface area contributed by atoms with Gasteiger partial charge in [0.1, 0.15) is 12.4 Å². The third kappa shape index (κ3) is 5.36. The van der Waals surface area contributed by atoms with E-state index in [0.717, 1.165) is 48.5 Å². The zero-order valence-corrected chi connectivity index (χ0v) is 18.3. The summed E-state index contributed by atoms with van der Waals surface area (Å²) >= 11 is 9.65. The number of rotatable bonds is 7. The van der Waals surface area contributed by atoms with E-state index in [2.05, 4.69) is 35.9 Å². The van der Waals surface area contributed by atoms with Gasteiger partial charge in [-0.25, -0.2) is 0 Å². The molecule has 4 rings (SSSR count). The van der Waals surface area contributed by atoms with E-state index in [1.165, 1.54) is 0 Å². The van der Waals surface area contributed by atoms with Crippen LogP contribution in [-0.4, -0.2) is 59.3 Å². The summed E-state index contributed by atoms with van der Waals surface area (Å²) in [6, 6.07) is 15.4. The highest BCUT2D eigenvalue weighted by Gasteiger charge is 2.20. The standard InChI is InChI=1S/C21H22BrClN4O2/c22-17-6-2-1-5-16(17)21-25-24-20(29-21)15-27-11-9-26(10-12-27)13-14-28-19-8-4-3-7-18(19)23/h1-8H,9-15H2. The van der Waals surface area contributed by atoms with Gasteiger partial charge in [-0.1, -0.05) is 35.9 Å². The molecular formula is C21H22BrClN4O2. The molecule has 0 N–H and O–H groups in total. The van der Waals surface area contributed by atoms with Crippen LogP contribution in [0.1, 0.15) is 5.89 Å². The number of benzene rings is 2. The van der Waals surface area contributed by atoms with Crippen molar-refractivity contribution >= 4 is 27.5 Å². The van der Waals surface area contributed by atoms with Gasteiger partial charge in [-0.3, -0.25) is 9.80 Å². The molecule has 1 aliphatic heterocycles. The van der Waals surface area contributed by atoms with Crippen LogP contribution in [0, 0.1) is 0 Å². The molecule has 29 heavy (non-hydrogen) atoms. The fourth-order valence-corrected chi connectivity index (χ4v) is 3.91. The third-order valence-corrected chi connectivity index (χ3v) is 5.90. The normalized spacial score (nSPS) is 15.5. The molecule has 8 heteroatoms. The van der Waals surface area contributed by atoms with Crippen LogP contribution in [-0.2, 0) is 6.54 Å². The lowest BCUT2D eigenvalue weighted by Gasteiger charge is -2.33. The van der Waals surface area contributed by atoms with Gasteiger partial charge < -0.3 is 9.15 Å². The smallest absolute Gasteiger partial charge is 0.248 e. The molecule has 1 aliphatic rings. The molecule has 2 heterocycles. The van der Waals surface area contributed by atoms with Crippen LogP contribution in [0.5, 0.6) is 5.75 Å². The Morgan fingerprint density at radius 3 is 2.48 bits per heavy atom. The number of hydrogen-bond donors (Lipinski definition) is 0. The highest BCUT2D eigenvalue weighted by atomic mass is 79.9. The second kappa shape index (κ2) is 9.71. The summed E-state index contributed by atoms with van der Waals surface area (Å²) in [4.78, 5) is 4.73. The van der Waals surface area contributed by atoms with Crippen molar-refractivity contribution in [3.05, 3.63) is 63.9 Å². The van der Waals surface area contributed by atoms with Gasteiger partial charge in [0.15, 0.2) is 0 Å². The van der Waals surface area contributed by atoms with E-state index in [9.17, 15) is 0 Å². The van der Waals surface area contributed by atoms with E-state index >= 15 is 0 Å². The molecular weight excluding hydrogens is 456 g/mol. The Kier molecular flexibility index (Phi) is 6.82. The summed E-state index contributed by atoms with van der Waals surface area (Å²) < 4.78 is 12.6. The van der Waals surface area contributed by atoms with Crippen molar-refractivity contribution in [2.75, 3.05) is 39.3 Å². The average molecular weight is 478 g/mol. The number of hydrogen-bond acceptors (Lipinski definition) is 6. The molecule has 0 atom stereocenters. The quantitative estimate of drug-likeness (QED) is 0.504. The lowest BCUT2D eigenvalue weighted by atomic mass is 10.2. The molecule has 1 fully saturated rings. The van der Waals surface area contributed by atoms with Crippen LogP contribution in [0.3, 0.4) is 0 Å². The summed E-state index contributed by atoms with van der Waals surface area (Å²) in [6.07, 6.45) is 0. The zero-order valence-electron chi connectivity index (χ0n) is 15.9. The first kappa shape index (κ1) is 20.3. The summed E-state index contributed by atoms with van der Waals surface area (Å²) in [5, 5.41) is 9.06. The van der Waals surface area contributed by atoms with Crippen LogP contribution in [0.15, 0.2) is 57.4 Å². The molecule has 0 spiro atoms. The SMILES string of the molecule is Clc1ccccc1OCCN1CCN(Cc2nnc(-c3ccccc3Br)o2)CC1. The van der Waals surface area contributed by atoms with E-state index in [-0.39, 0.29) is 0 Å². The number of aromatic nitrogens is 2. The Hall–Kier alpha value is -1.93. The van der Waals surface area contributed by atoms with E-state index in [1.54, 1.807) is 0 Å². The Labute approximate surface area is 183 Å². The van der Waals surface area contributed by atoms with E-state index in [0.29, 0.717) is 30.0 Å². The summed E-state index contributed by atoms with van der Waals surface area (Å²) in [5.41, 5.74) is 0.912. The molecule has 1 aromatic heterocycles. The predicted molar refractivity (Wildman–Crippen MR) is 116 cm³/mol. The largest absolute Gasteiger partial charge is 0.491 e. The van der Waals surface area contributed by atoms with Crippen LogP contribution in [0.2, 0.25) is 5.02 Å². The van der Waals surface area contributed by atoms with Crippen molar-refractivity contribution in [1.29, 1.82) is 0 Å². The number of ether oxygens (including phenoxy) is 1. The van der Waals surface area contributed by atoms with Crippen molar-refractivity contribution in [2.24, 2.45) is 0 Å². The molecule has 152 valence electrons. The topological polar surface area (TPSA) is 54.6 Å². The maximum absolute atomic E-state index is 6.12. The number of piperazine rings is 1. The van der Waals surface area contributed by atoms with Crippen molar-refractivity contribution in [3.8, 4) is 17.2 Å². The predicted octanol–water partition coefficient (Wildman–Crippen LogP) is 4.35. The van der Waals surface area contributed by atoms with Crippen molar-refractivity contribution in [1.82, 2.24) is 20.0 Å². The fourth-order valence-electron chi connectivity index (χ4n) is 3.27. The minimum Gasteiger partial charge on any atom is -0.491 e. The molecule has 0 bridgehead atoms. The Balaban J connectivity index is 1.22. The van der Waals surface area contributed by atoms with Gasteiger partial charge in [0, 0.05) is 37.2 Å². The molecule has 0 aliphatic carbocycles. The highest BCUT2D eigenvalue weighted by molar-refractivity contribution is 9.10. The minimum atomic E-state index is 0.544. The van der Waals surface area contributed by atoms with E-state index < -0.39 is 0 Å². The van der Waals surface area contributed by atoms with Gasteiger partial charge in [-0.05, 0) is 40.2 Å². The van der Waals surface area contributed by atoms with Crippen molar-refractivity contribution in [3.63, 3.8) is 0 Å². The van der Waals surface area contributed by atoms with Gasteiger partial charge in [0.2, 0.25) is 11.8 Å². The van der Waals surface area contributed by atoms with E-state index in [1.807, 2.05) is 48.5 Å². The van der Waals surface area contributed by atoms with Gasteiger partial charge >= 0.3 is 0 Å². The Morgan fingerprint density at radius 2 is 1.69 bits per heavy atom. The highest BCUT2D eigenvalue weighted by Crippen LogP contribution is 2.27. The Bertz CT molecular complexity index is 944. The van der Waals surface area contributed by atoms with E-state index in [4.69, 9.17) is 20.8 Å². The first-order chi connectivity index (χ1) is 14.2. The molecule has 6 nitrogen and oxygen atoms in total. The van der Waals surface area contributed by atoms with Crippen molar-refractivity contribution < 1.29 is 9.15 Å². The summed E-state index contributed by atoms with van der Waals surface area (Å²) in [7, 11) is 0. The number of nitrogens with zero attached hydrogens (tertiary/aromatic N) is 4. The van der Waals surface area contributed by atoms with Crippen molar-refractivity contribution in [2.45, 2.75) is 6.54 Å². The second-order valence-corrected chi connectivity index (χ2v) is 8.14. The van der Waals surface area contributed by atoms with Crippen LogP contribution in [0.25, 0.3) is 11.5 Å². The Morgan fingerprint density at radius 1 is 0.966 bits per heavy atom. The van der Waals surface area contributed by atoms with Crippen LogP contribution < -0.4 is 4.74 Å². The fraction of sp³-hybridized carbons (Fsp3) is 0.333. The second-order valence-electron chi connectivity index (χ2n) is 6.88. The maximum atomic E-state index is 6.12. The molecule has 1 saturated heterocycles. The molecule has 0 amide bonds. The lowest BCUT2D eigenvalue weighted by molar-refractivity contribution is 0.106. The van der Waals surface area contributed by atoms with Gasteiger partial charge in [0.05, 0.1) is 17.1 Å². The first-order valence-corrected chi connectivity index (χ1v) is 10.8. The first-order valence-electron chi connectivity index (χ1n) is 9.58. The summed E-state index contributed by atoms with van der Waals surface area (Å²) in [5.74, 6) is 1.93. The number of halogens is 2. The van der Waals surface area contributed by atoms with Gasteiger partial charge in [-0.2, -0.15) is 0 Å². The number of para-hydroxylation sites is 1. The monoisotopic (exact) mass is 476 g/mol. The molecule has 0 radical (unpaired) electrons. The molecule has 0 unspecified atom stereocenters.